The standard InChI is InChI=1S/C14H18FNO3/c15-14-12(7-4-8-13(14)16(17)18)10-19-9-11-5-2-1-3-6-11/h4,7-8,11H,1-3,5-6,9-10H2. The van der Waals surface area contributed by atoms with E-state index in [1.54, 1.807) is 0 Å². The van der Waals surface area contributed by atoms with Crippen molar-refractivity contribution in [1.82, 2.24) is 0 Å². The summed E-state index contributed by atoms with van der Waals surface area (Å²) in [4.78, 5) is 9.91. The van der Waals surface area contributed by atoms with E-state index in [1.807, 2.05) is 0 Å². The highest BCUT2D eigenvalue weighted by Gasteiger charge is 2.18. The Morgan fingerprint density at radius 2 is 2.05 bits per heavy atom. The van der Waals surface area contributed by atoms with Crippen molar-refractivity contribution in [3.05, 3.63) is 39.7 Å². The fraction of sp³-hybridized carbons (Fsp3) is 0.571. The minimum atomic E-state index is -0.781. The van der Waals surface area contributed by atoms with Crippen LogP contribution in [0, 0.1) is 21.8 Å². The van der Waals surface area contributed by atoms with Crippen LogP contribution in [0.2, 0.25) is 0 Å². The van der Waals surface area contributed by atoms with Gasteiger partial charge in [-0.3, -0.25) is 10.1 Å². The lowest BCUT2D eigenvalue weighted by Gasteiger charge is -2.21. The van der Waals surface area contributed by atoms with Crippen LogP contribution in [-0.2, 0) is 11.3 Å². The molecule has 1 aliphatic rings. The smallest absolute Gasteiger partial charge is 0.305 e. The van der Waals surface area contributed by atoms with Crippen LogP contribution in [0.15, 0.2) is 18.2 Å². The maximum atomic E-state index is 13.8. The van der Waals surface area contributed by atoms with Gasteiger partial charge in [0, 0.05) is 18.2 Å². The second-order valence-corrected chi connectivity index (χ2v) is 5.03. The molecule has 0 bridgehead atoms. The topological polar surface area (TPSA) is 52.4 Å². The van der Waals surface area contributed by atoms with E-state index < -0.39 is 16.4 Å². The summed E-state index contributed by atoms with van der Waals surface area (Å²) in [5, 5.41) is 10.6. The van der Waals surface area contributed by atoms with Gasteiger partial charge in [0.1, 0.15) is 0 Å². The van der Waals surface area contributed by atoms with Crippen LogP contribution in [0.1, 0.15) is 37.7 Å². The summed E-state index contributed by atoms with van der Waals surface area (Å²) in [6.45, 7) is 0.714. The second kappa shape index (κ2) is 6.61. The van der Waals surface area contributed by atoms with Gasteiger partial charge in [-0.05, 0) is 18.8 Å². The molecule has 0 heterocycles. The Bertz CT molecular complexity index is 444. The lowest BCUT2D eigenvalue weighted by atomic mass is 9.90. The zero-order valence-electron chi connectivity index (χ0n) is 10.8. The lowest BCUT2D eigenvalue weighted by molar-refractivity contribution is -0.387. The molecule has 0 spiro atoms. The maximum Gasteiger partial charge on any atom is 0.305 e. The first-order chi connectivity index (χ1) is 9.18. The monoisotopic (exact) mass is 267 g/mol. The van der Waals surface area contributed by atoms with Crippen LogP contribution >= 0.6 is 0 Å². The van der Waals surface area contributed by atoms with Crippen LogP contribution in [0.3, 0.4) is 0 Å². The summed E-state index contributed by atoms with van der Waals surface area (Å²) in [6, 6.07) is 4.18. The first-order valence-corrected chi connectivity index (χ1v) is 6.68. The van der Waals surface area contributed by atoms with Gasteiger partial charge in [-0.1, -0.05) is 31.4 Å². The van der Waals surface area contributed by atoms with Crippen molar-refractivity contribution < 1.29 is 14.1 Å². The molecule has 0 atom stereocenters. The third-order valence-corrected chi connectivity index (χ3v) is 3.59. The third-order valence-electron chi connectivity index (χ3n) is 3.59. The van der Waals surface area contributed by atoms with Crippen molar-refractivity contribution >= 4 is 5.69 Å². The van der Waals surface area contributed by atoms with Crippen molar-refractivity contribution in [2.75, 3.05) is 6.61 Å². The molecule has 1 fully saturated rings. The number of benzene rings is 1. The van der Waals surface area contributed by atoms with Crippen molar-refractivity contribution in [2.24, 2.45) is 5.92 Å². The molecule has 0 aromatic heterocycles. The van der Waals surface area contributed by atoms with E-state index in [4.69, 9.17) is 4.74 Å². The van der Waals surface area contributed by atoms with Gasteiger partial charge in [0.2, 0.25) is 5.82 Å². The number of hydrogen-bond acceptors (Lipinski definition) is 3. The fourth-order valence-corrected chi connectivity index (χ4v) is 2.51. The number of ether oxygens (including phenoxy) is 1. The van der Waals surface area contributed by atoms with Gasteiger partial charge in [-0.15, -0.1) is 0 Å². The van der Waals surface area contributed by atoms with E-state index >= 15 is 0 Å². The van der Waals surface area contributed by atoms with Crippen molar-refractivity contribution in [3.63, 3.8) is 0 Å². The number of rotatable bonds is 5. The lowest BCUT2D eigenvalue weighted by Crippen LogP contribution is -2.13. The van der Waals surface area contributed by atoms with E-state index in [0.29, 0.717) is 12.5 Å². The Labute approximate surface area is 111 Å². The molecule has 5 heteroatoms. The maximum absolute atomic E-state index is 13.8. The van der Waals surface area contributed by atoms with Crippen LogP contribution in [0.25, 0.3) is 0 Å². The molecule has 0 aliphatic heterocycles. The van der Waals surface area contributed by atoms with E-state index in [-0.39, 0.29) is 12.2 Å². The third kappa shape index (κ3) is 3.73. The predicted octanol–water partition coefficient (Wildman–Crippen LogP) is 3.83. The molecule has 1 aromatic rings. The second-order valence-electron chi connectivity index (χ2n) is 5.03. The van der Waals surface area contributed by atoms with Crippen LogP contribution in [-0.4, -0.2) is 11.5 Å². The highest BCUT2D eigenvalue weighted by Crippen LogP contribution is 2.25. The minimum absolute atomic E-state index is 0.101. The molecular formula is C14H18FNO3. The largest absolute Gasteiger partial charge is 0.376 e. The van der Waals surface area contributed by atoms with Crippen LogP contribution < -0.4 is 0 Å². The SMILES string of the molecule is O=[N+]([O-])c1cccc(COCC2CCCCC2)c1F. The zero-order valence-corrected chi connectivity index (χ0v) is 10.8. The average Bonchev–Trinajstić information content (AvgIpc) is 2.41. The van der Waals surface area contributed by atoms with Crippen LogP contribution in [0.4, 0.5) is 10.1 Å². The van der Waals surface area contributed by atoms with Crippen molar-refractivity contribution in [3.8, 4) is 0 Å². The Hall–Kier alpha value is -1.49. The summed E-state index contributed by atoms with van der Waals surface area (Å²) in [5.41, 5.74) is -0.233. The molecule has 0 radical (unpaired) electrons. The van der Waals surface area contributed by atoms with Gasteiger partial charge in [0.05, 0.1) is 11.5 Å². The normalized spacial score (nSPS) is 16.5. The first-order valence-electron chi connectivity index (χ1n) is 6.68. The van der Waals surface area contributed by atoms with E-state index in [9.17, 15) is 14.5 Å². The van der Waals surface area contributed by atoms with Crippen LogP contribution in [0.5, 0.6) is 0 Å². The molecule has 0 saturated heterocycles. The molecule has 19 heavy (non-hydrogen) atoms. The van der Waals surface area contributed by atoms with Gasteiger partial charge in [-0.2, -0.15) is 4.39 Å². The summed E-state index contributed by atoms with van der Waals surface area (Å²) < 4.78 is 19.3. The number of nitrogens with zero attached hydrogens (tertiary/aromatic N) is 1. The molecule has 4 nitrogen and oxygen atoms in total. The molecule has 0 unspecified atom stereocenters. The van der Waals surface area contributed by atoms with Crippen molar-refractivity contribution in [2.45, 2.75) is 38.7 Å². The summed E-state index contributed by atoms with van der Waals surface area (Å²) in [6.07, 6.45) is 6.09. The number of hydrogen-bond donors (Lipinski definition) is 0. The van der Waals surface area contributed by atoms with Gasteiger partial charge in [0.15, 0.2) is 0 Å². The number of halogens is 1. The van der Waals surface area contributed by atoms with Crippen molar-refractivity contribution in [1.29, 1.82) is 0 Å². The molecular weight excluding hydrogens is 249 g/mol. The molecule has 0 N–H and O–H groups in total. The predicted molar refractivity (Wildman–Crippen MR) is 69.3 cm³/mol. The molecule has 0 amide bonds. The van der Waals surface area contributed by atoms with E-state index in [1.165, 1.54) is 37.5 Å². The minimum Gasteiger partial charge on any atom is -0.376 e. The quantitative estimate of drug-likeness (QED) is 0.601. The zero-order chi connectivity index (χ0) is 13.7. The average molecular weight is 267 g/mol. The van der Waals surface area contributed by atoms with Gasteiger partial charge in [0.25, 0.3) is 0 Å². The summed E-state index contributed by atoms with van der Waals surface area (Å²) in [5.74, 6) is -0.230. The Morgan fingerprint density at radius 1 is 1.32 bits per heavy atom. The van der Waals surface area contributed by atoms with Gasteiger partial charge >= 0.3 is 5.69 Å². The van der Waals surface area contributed by atoms with E-state index in [0.717, 1.165) is 12.8 Å². The Balaban J connectivity index is 1.88. The highest BCUT2D eigenvalue weighted by molar-refractivity contribution is 5.36. The van der Waals surface area contributed by atoms with Gasteiger partial charge in [-0.25, -0.2) is 0 Å². The molecule has 104 valence electrons. The number of nitro benzene ring substituents is 1. The number of nitro groups is 1. The molecule has 1 aliphatic carbocycles. The Kier molecular flexibility index (Phi) is 4.85. The molecule has 2 rings (SSSR count). The highest BCUT2D eigenvalue weighted by atomic mass is 19.1. The summed E-state index contributed by atoms with van der Waals surface area (Å²) >= 11 is 0. The fourth-order valence-electron chi connectivity index (χ4n) is 2.51. The van der Waals surface area contributed by atoms with E-state index in [2.05, 4.69) is 0 Å². The molecule has 1 aromatic carbocycles. The summed E-state index contributed by atoms with van der Waals surface area (Å²) in [7, 11) is 0. The first kappa shape index (κ1) is 13.9. The molecule has 1 saturated carbocycles. The van der Waals surface area contributed by atoms with Gasteiger partial charge < -0.3 is 4.74 Å². The Morgan fingerprint density at radius 3 is 2.74 bits per heavy atom.